The molecule has 0 aliphatic rings. The number of rotatable bonds is 5. The lowest BCUT2D eigenvalue weighted by atomic mass is 9.97. The maximum absolute atomic E-state index is 6.41. The Hall–Kier alpha value is -6.39. The Morgan fingerprint density at radius 3 is 1.77 bits per heavy atom. The molecule has 0 aliphatic heterocycles. The molecule has 2 aromatic heterocycles. The van der Waals surface area contributed by atoms with E-state index >= 15 is 0 Å². The minimum Gasteiger partial charge on any atom is -0.455 e. The van der Waals surface area contributed by atoms with Gasteiger partial charge in [0.25, 0.3) is 0 Å². The lowest BCUT2D eigenvalue weighted by Crippen LogP contribution is -2.00. The van der Waals surface area contributed by atoms with Crippen LogP contribution in [0.5, 0.6) is 0 Å². The molecule has 0 atom stereocenters. The van der Waals surface area contributed by atoms with Gasteiger partial charge in [0, 0.05) is 21.9 Å². The normalized spacial score (nSPS) is 11.4. The molecule has 0 saturated heterocycles. The second kappa shape index (κ2) is 11.2. The van der Waals surface area contributed by atoms with E-state index in [9.17, 15) is 0 Å². The van der Waals surface area contributed by atoms with Crippen molar-refractivity contribution in [1.29, 1.82) is 0 Å². The molecule has 0 aliphatic carbocycles. The van der Waals surface area contributed by atoms with E-state index in [2.05, 4.69) is 127 Å². The van der Waals surface area contributed by atoms with Crippen LogP contribution in [0.3, 0.4) is 0 Å². The highest BCUT2D eigenvalue weighted by atomic mass is 16.3. The first-order valence-corrected chi connectivity index (χ1v) is 15.7. The molecule has 47 heavy (non-hydrogen) atoms. The van der Waals surface area contributed by atoms with Gasteiger partial charge < -0.3 is 4.42 Å². The predicted molar refractivity (Wildman–Crippen MR) is 192 cm³/mol. The second-order valence-corrected chi connectivity index (χ2v) is 11.6. The summed E-state index contributed by atoms with van der Waals surface area (Å²) < 4.78 is 6.41. The molecule has 4 heteroatoms. The molecule has 9 aromatic rings. The van der Waals surface area contributed by atoms with Gasteiger partial charge in [0.2, 0.25) is 0 Å². The maximum Gasteiger partial charge on any atom is 0.167 e. The molecule has 0 saturated carbocycles. The molecule has 0 unspecified atom stereocenters. The zero-order valence-electron chi connectivity index (χ0n) is 25.3. The quantitative estimate of drug-likeness (QED) is 0.197. The minimum atomic E-state index is 0.567. The van der Waals surface area contributed by atoms with Gasteiger partial charge in [-0.3, -0.25) is 0 Å². The minimum absolute atomic E-state index is 0.567. The summed E-state index contributed by atoms with van der Waals surface area (Å²) in [6.45, 7) is 0. The van der Waals surface area contributed by atoms with E-state index in [0.717, 1.165) is 55.3 Å². The summed E-state index contributed by atoms with van der Waals surface area (Å²) in [6, 6.07) is 56.4. The molecule has 7 aromatic carbocycles. The average Bonchev–Trinajstić information content (AvgIpc) is 3.54. The zero-order chi connectivity index (χ0) is 31.2. The molecule has 0 bridgehead atoms. The average molecular weight is 602 g/mol. The van der Waals surface area contributed by atoms with E-state index in [4.69, 9.17) is 19.4 Å². The van der Waals surface area contributed by atoms with Crippen LogP contribution in [-0.4, -0.2) is 15.0 Å². The van der Waals surface area contributed by atoms with Crippen molar-refractivity contribution in [3.63, 3.8) is 0 Å². The van der Waals surface area contributed by atoms with Crippen molar-refractivity contribution >= 4 is 32.7 Å². The molecule has 0 amide bonds. The van der Waals surface area contributed by atoms with Gasteiger partial charge in [-0.05, 0) is 51.2 Å². The van der Waals surface area contributed by atoms with Crippen LogP contribution in [0.25, 0.3) is 89.1 Å². The highest BCUT2D eigenvalue weighted by Crippen LogP contribution is 2.37. The monoisotopic (exact) mass is 601 g/mol. The standard InChI is InChI=1S/C43H27N3O/c1-2-11-28(12-3-1)29-23-25-31(26-24-29)41-44-42(33-16-8-15-32(27-33)35-19-9-14-30-13-4-5-17-34(30)35)46-43(45-41)38-21-10-20-37-36-18-6-7-22-39(36)47-40(37)38/h1-27H. The predicted octanol–water partition coefficient (Wildman–Crippen LogP) is 11.3. The molecule has 220 valence electrons. The highest BCUT2D eigenvalue weighted by Gasteiger charge is 2.18. The summed E-state index contributed by atoms with van der Waals surface area (Å²) in [5, 5.41) is 4.52. The topological polar surface area (TPSA) is 51.8 Å². The SMILES string of the molecule is c1ccc(-c2ccc(-c3nc(-c4cccc(-c5cccc6ccccc56)c4)nc(-c4cccc5c4oc4ccccc45)n3)cc2)cc1. The highest BCUT2D eigenvalue weighted by molar-refractivity contribution is 6.09. The fourth-order valence-corrected chi connectivity index (χ4v) is 6.42. The molecule has 2 heterocycles. The van der Waals surface area contributed by atoms with E-state index in [1.54, 1.807) is 0 Å². The second-order valence-electron chi connectivity index (χ2n) is 11.6. The number of fused-ring (bicyclic) bond motifs is 4. The fraction of sp³-hybridized carbons (Fsp3) is 0. The number of nitrogens with zero attached hydrogens (tertiary/aromatic N) is 3. The van der Waals surface area contributed by atoms with Gasteiger partial charge in [0.15, 0.2) is 17.5 Å². The zero-order valence-corrected chi connectivity index (χ0v) is 25.3. The summed E-state index contributed by atoms with van der Waals surface area (Å²) in [7, 11) is 0. The summed E-state index contributed by atoms with van der Waals surface area (Å²) in [6.07, 6.45) is 0. The number of hydrogen-bond donors (Lipinski definition) is 0. The van der Waals surface area contributed by atoms with Crippen LogP contribution in [0, 0.1) is 0 Å². The number of para-hydroxylation sites is 2. The van der Waals surface area contributed by atoms with Crippen LogP contribution >= 0.6 is 0 Å². The van der Waals surface area contributed by atoms with Crippen LogP contribution in [0.2, 0.25) is 0 Å². The van der Waals surface area contributed by atoms with Gasteiger partial charge in [-0.1, -0.05) is 146 Å². The van der Waals surface area contributed by atoms with Crippen LogP contribution in [0.4, 0.5) is 0 Å². The number of furan rings is 1. The van der Waals surface area contributed by atoms with E-state index in [0.29, 0.717) is 17.5 Å². The lowest BCUT2D eigenvalue weighted by molar-refractivity contribution is 0.669. The van der Waals surface area contributed by atoms with E-state index in [-0.39, 0.29) is 0 Å². The summed E-state index contributed by atoms with van der Waals surface area (Å²) in [5.41, 5.74) is 8.84. The fourth-order valence-electron chi connectivity index (χ4n) is 6.42. The van der Waals surface area contributed by atoms with Crippen molar-refractivity contribution in [3.8, 4) is 56.4 Å². The summed E-state index contributed by atoms with van der Waals surface area (Å²) in [5.74, 6) is 1.78. The van der Waals surface area contributed by atoms with Crippen molar-refractivity contribution in [2.24, 2.45) is 0 Å². The van der Waals surface area contributed by atoms with Gasteiger partial charge in [0.1, 0.15) is 11.2 Å². The maximum atomic E-state index is 6.41. The van der Waals surface area contributed by atoms with Gasteiger partial charge in [-0.15, -0.1) is 0 Å². The molecule has 0 fully saturated rings. The summed E-state index contributed by atoms with van der Waals surface area (Å²) >= 11 is 0. The van der Waals surface area contributed by atoms with Crippen molar-refractivity contribution < 1.29 is 4.42 Å². The van der Waals surface area contributed by atoms with Crippen LogP contribution in [-0.2, 0) is 0 Å². The Kier molecular flexibility index (Phi) is 6.43. The van der Waals surface area contributed by atoms with Gasteiger partial charge >= 0.3 is 0 Å². The Morgan fingerprint density at radius 2 is 0.894 bits per heavy atom. The van der Waals surface area contributed by atoms with E-state index in [1.165, 1.54) is 16.3 Å². The first kappa shape index (κ1) is 27.0. The first-order chi connectivity index (χ1) is 23.3. The van der Waals surface area contributed by atoms with Crippen molar-refractivity contribution in [3.05, 3.63) is 164 Å². The van der Waals surface area contributed by atoms with Gasteiger partial charge in [-0.25, -0.2) is 15.0 Å². The van der Waals surface area contributed by atoms with Crippen molar-refractivity contribution in [2.75, 3.05) is 0 Å². The third-order valence-corrected chi connectivity index (χ3v) is 8.75. The van der Waals surface area contributed by atoms with E-state index in [1.807, 2.05) is 36.4 Å². The Balaban J connectivity index is 1.23. The third-order valence-electron chi connectivity index (χ3n) is 8.75. The lowest BCUT2D eigenvalue weighted by Gasteiger charge is -2.11. The largest absolute Gasteiger partial charge is 0.455 e. The van der Waals surface area contributed by atoms with Crippen LogP contribution in [0.15, 0.2) is 168 Å². The molecule has 4 nitrogen and oxygen atoms in total. The number of aromatic nitrogens is 3. The van der Waals surface area contributed by atoms with Gasteiger partial charge in [-0.2, -0.15) is 0 Å². The van der Waals surface area contributed by atoms with Crippen LogP contribution < -0.4 is 0 Å². The number of hydrogen-bond acceptors (Lipinski definition) is 4. The smallest absolute Gasteiger partial charge is 0.167 e. The molecule has 0 spiro atoms. The Labute approximate surface area is 271 Å². The molecule has 9 rings (SSSR count). The van der Waals surface area contributed by atoms with Crippen molar-refractivity contribution in [2.45, 2.75) is 0 Å². The molecule has 0 radical (unpaired) electrons. The van der Waals surface area contributed by atoms with Gasteiger partial charge in [0.05, 0.1) is 5.56 Å². The molecule has 0 N–H and O–H groups in total. The van der Waals surface area contributed by atoms with Crippen LogP contribution in [0.1, 0.15) is 0 Å². The Bertz CT molecular complexity index is 2560. The molecular formula is C43H27N3O. The van der Waals surface area contributed by atoms with Crippen molar-refractivity contribution in [1.82, 2.24) is 15.0 Å². The molecular weight excluding hydrogens is 574 g/mol. The first-order valence-electron chi connectivity index (χ1n) is 15.7. The summed E-state index contributed by atoms with van der Waals surface area (Å²) in [4.78, 5) is 15.2. The Morgan fingerprint density at radius 1 is 0.340 bits per heavy atom. The van der Waals surface area contributed by atoms with E-state index < -0.39 is 0 Å². The number of benzene rings is 7. The third kappa shape index (κ3) is 4.84.